The van der Waals surface area contributed by atoms with Crippen molar-refractivity contribution < 1.29 is 43.1 Å². The van der Waals surface area contributed by atoms with Gasteiger partial charge in [-0.15, -0.1) is 5.10 Å². The summed E-state index contributed by atoms with van der Waals surface area (Å²) in [6.45, 7) is -0.189. The summed E-state index contributed by atoms with van der Waals surface area (Å²) in [5, 5.41) is 13.4. The molecule has 0 radical (unpaired) electrons. The number of carbonyl (C=O) groups is 1. The Labute approximate surface area is 249 Å². The van der Waals surface area contributed by atoms with Gasteiger partial charge < -0.3 is 19.3 Å². The minimum atomic E-state index is -4.77. The lowest BCUT2D eigenvalue weighted by Gasteiger charge is -2.34. The van der Waals surface area contributed by atoms with Gasteiger partial charge in [-0.2, -0.15) is 13.2 Å². The second-order valence-electron chi connectivity index (χ2n) is 10.9. The van der Waals surface area contributed by atoms with E-state index in [-0.39, 0.29) is 28.0 Å². The van der Waals surface area contributed by atoms with Crippen molar-refractivity contribution in [3.05, 3.63) is 47.9 Å². The van der Waals surface area contributed by atoms with Gasteiger partial charge in [-0.3, -0.25) is 4.79 Å². The Balaban J connectivity index is 1.78. The van der Waals surface area contributed by atoms with Crippen LogP contribution < -0.4 is 14.4 Å². The Kier molecular flexibility index (Phi) is 6.49. The Morgan fingerprint density at radius 1 is 1.31 bits per heavy atom. The van der Waals surface area contributed by atoms with E-state index in [2.05, 4.69) is 10.1 Å². The summed E-state index contributed by atoms with van der Waals surface area (Å²) < 4.78 is 118. The first kappa shape index (κ1) is 25.0. The van der Waals surface area contributed by atoms with Gasteiger partial charge in [-0.25, -0.2) is 22.8 Å². The quantitative estimate of drug-likeness (QED) is 0.373. The summed E-state index contributed by atoms with van der Waals surface area (Å²) in [5.74, 6) is -3.22. The van der Waals surface area contributed by atoms with E-state index in [1.54, 1.807) is 20.2 Å². The number of nitrogens with zero attached hydrogens (tertiary/aromatic N) is 5. The van der Waals surface area contributed by atoms with Crippen LogP contribution in [0.1, 0.15) is 56.8 Å². The molecule has 1 aliphatic heterocycles. The van der Waals surface area contributed by atoms with Gasteiger partial charge >= 0.3 is 6.18 Å². The maximum Gasteiger partial charge on any atom is 0.399 e. The molecule has 0 saturated carbocycles. The van der Waals surface area contributed by atoms with Crippen molar-refractivity contribution in [3.8, 4) is 11.7 Å². The standard InChI is InChI=1S/C27H35F3N6O5S/c1-17-11-25(3,4)35(12-17)23-19(24(38)33-42(39,40)20-14-34(6)13-18(20)2)7-8-21(31-23)36-10-9-22(32-36)41-16-26(5,15-37)27(28,29)30/h7-10,13-14,17,37H,11-12,15-16H2,1-6H3,(H,33,38)/t17-,26?/m0/s1/i1D3,11D2. The van der Waals surface area contributed by atoms with Crippen LogP contribution in [0.25, 0.3) is 5.82 Å². The summed E-state index contributed by atoms with van der Waals surface area (Å²) in [6.07, 6.45) is -2.99. The van der Waals surface area contributed by atoms with Crippen molar-refractivity contribution in [1.29, 1.82) is 0 Å². The monoisotopic (exact) mass is 617 g/mol. The molecular formula is C27H35F3N6O5S. The van der Waals surface area contributed by atoms with E-state index in [4.69, 9.17) is 11.6 Å². The summed E-state index contributed by atoms with van der Waals surface area (Å²) in [4.78, 5) is 19.2. The molecule has 2 N–H and O–H groups in total. The summed E-state index contributed by atoms with van der Waals surface area (Å²) in [6, 6.07) is 3.69. The van der Waals surface area contributed by atoms with Crippen LogP contribution in [-0.2, 0) is 17.1 Å². The van der Waals surface area contributed by atoms with E-state index < -0.39 is 72.0 Å². The number of aromatic nitrogens is 4. The maximum atomic E-state index is 13.6. The predicted molar refractivity (Wildman–Crippen MR) is 148 cm³/mol. The molecule has 0 aliphatic carbocycles. The number of anilines is 1. The molecule has 4 rings (SSSR count). The topological polar surface area (TPSA) is 132 Å². The van der Waals surface area contributed by atoms with Gasteiger partial charge in [0.25, 0.3) is 15.9 Å². The predicted octanol–water partition coefficient (Wildman–Crippen LogP) is 3.60. The number of ether oxygens (including phenoxy) is 1. The Morgan fingerprint density at radius 3 is 2.60 bits per heavy atom. The first-order chi connectivity index (χ1) is 21.4. The van der Waals surface area contributed by atoms with E-state index in [1.807, 2.05) is 4.72 Å². The van der Waals surface area contributed by atoms with Gasteiger partial charge in [0.1, 0.15) is 22.7 Å². The average Bonchev–Trinajstić information content (AvgIpc) is 3.60. The molecule has 11 nitrogen and oxygen atoms in total. The fourth-order valence-electron chi connectivity index (χ4n) is 4.43. The number of carbonyl (C=O) groups excluding carboxylic acids is 1. The third kappa shape index (κ3) is 6.11. The molecule has 1 amide bonds. The van der Waals surface area contributed by atoms with Gasteiger partial charge in [0, 0.05) is 50.6 Å². The minimum Gasteiger partial charge on any atom is -0.476 e. The number of halogens is 3. The fraction of sp³-hybridized carbons (Fsp3) is 0.519. The average molecular weight is 618 g/mol. The molecule has 0 aromatic carbocycles. The first-order valence-corrected chi connectivity index (χ1v) is 14.2. The highest BCUT2D eigenvalue weighted by Gasteiger charge is 2.51. The van der Waals surface area contributed by atoms with Crippen LogP contribution in [0.4, 0.5) is 19.0 Å². The second-order valence-corrected chi connectivity index (χ2v) is 12.6. The number of aliphatic hydroxyl groups excluding tert-OH is 1. The highest BCUT2D eigenvalue weighted by Crippen LogP contribution is 2.39. The Hall–Kier alpha value is -3.59. The van der Waals surface area contributed by atoms with Crippen LogP contribution in [0, 0.1) is 18.3 Å². The van der Waals surface area contributed by atoms with Crippen LogP contribution in [0.5, 0.6) is 5.88 Å². The zero-order valence-corrected chi connectivity index (χ0v) is 24.3. The fourth-order valence-corrected chi connectivity index (χ4v) is 5.68. The van der Waals surface area contributed by atoms with Gasteiger partial charge in [0.15, 0.2) is 5.82 Å². The molecule has 1 unspecified atom stereocenters. The molecule has 1 aliphatic rings. The smallest absolute Gasteiger partial charge is 0.399 e. The highest BCUT2D eigenvalue weighted by molar-refractivity contribution is 7.90. The van der Waals surface area contributed by atoms with Gasteiger partial charge in [-0.1, -0.05) is 6.85 Å². The van der Waals surface area contributed by atoms with Gasteiger partial charge in [0.2, 0.25) is 5.88 Å². The van der Waals surface area contributed by atoms with Crippen molar-refractivity contribution in [1.82, 2.24) is 24.1 Å². The third-order valence-corrected chi connectivity index (χ3v) is 8.38. The van der Waals surface area contributed by atoms with Crippen molar-refractivity contribution in [2.75, 3.05) is 24.7 Å². The van der Waals surface area contributed by atoms with E-state index in [9.17, 15) is 31.5 Å². The molecule has 0 spiro atoms. The third-order valence-electron chi connectivity index (χ3n) is 6.92. The number of aryl methyl sites for hydroxylation is 2. The number of sulfonamides is 1. The second kappa shape index (κ2) is 10.9. The van der Waals surface area contributed by atoms with Crippen LogP contribution in [0.2, 0.25) is 0 Å². The van der Waals surface area contributed by atoms with Crippen molar-refractivity contribution >= 4 is 21.7 Å². The number of alkyl halides is 3. The van der Waals surface area contributed by atoms with E-state index >= 15 is 0 Å². The SMILES string of the molecule is [2H]C([2H])([2H])[C@@H]1CN(c2nc(-n3ccc(OCC(C)(CO)C(F)(F)F)n3)ccc2C(=O)NS(=O)(=O)c2cn(C)cc2C)C(C)(C)C1([2H])[2H]. The molecule has 230 valence electrons. The maximum absolute atomic E-state index is 13.6. The lowest BCUT2D eigenvalue weighted by molar-refractivity contribution is -0.237. The molecule has 3 aromatic heterocycles. The number of hydrogen-bond acceptors (Lipinski definition) is 8. The summed E-state index contributed by atoms with van der Waals surface area (Å²) in [5.41, 5.74) is -4.13. The molecule has 1 fully saturated rings. The molecule has 4 heterocycles. The van der Waals surface area contributed by atoms with Crippen LogP contribution in [0.3, 0.4) is 0 Å². The number of amides is 1. The highest BCUT2D eigenvalue weighted by atomic mass is 32.2. The molecule has 42 heavy (non-hydrogen) atoms. The van der Waals surface area contributed by atoms with Crippen LogP contribution >= 0.6 is 0 Å². The normalized spacial score (nSPS) is 21.9. The van der Waals surface area contributed by atoms with E-state index in [0.29, 0.717) is 5.56 Å². The zero-order chi connectivity index (χ0) is 35.5. The molecular weight excluding hydrogens is 577 g/mol. The van der Waals surface area contributed by atoms with Crippen molar-refractivity contribution in [2.24, 2.45) is 18.4 Å². The van der Waals surface area contributed by atoms with Crippen molar-refractivity contribution in [2.45, 2.75) is 57.5 Å². The number of aliphatic hydroxyl groups is 1. The van der Waals surface area contributed by atoms with E-state index in [0.717, 1.165) is 11.6 Å². The van der Waals surface area contributed by atoms with Gasteiger partial charge in [-0.05, 0) is 57.7 Å². The summed E-state index contributed by atoms with van der Waals surface area (Å²) in [7, 11) is -2.79. The molecule has 3 aromatic rings. The minimum absolute atomic E-state index is 0.0393. The molecule has 15 heteroatoms. The van der Waals surface area contributed by atoms with Crippen LogP contribution in [0.15, 0.2) is 41.7 Å². The number of nitrogens with one attached hydrogen (secondary N) is 1. The number of rotatable bonds is 9. The van der Waals surface area contributed by atoms with E-state index in [1.165, 1.54) is 53.9 Å². The lowest BCUT2D eigenvalue weighted by Crippen LogP contribution is -2.43. The Morgan fingerprint density at radius 2 is 2.02 bits per heavy atom. The first-order valence-electron chi connectivity index (χ1n) is 15.2. The van der Waals surface area contributed by atoms with Gasteiger partial charge in [0.05, 0.1) is 12.2 Å². The number of hydrogen-bond donors (Lipinski definition) is 2. The largest absolute Gasteiger partial charge is 0.476 e. The van der Waals surface area contributed by atoms with Crippen molar-refractivity contribution in [3.63, 3.8) is 0 Å². The zero-order valence-electron chi connectivity index (χ0n) is 28.5. The lowest BCUT2D eigenvalue weighted by atomic mass is 9.92. The number of pyridine rings is 1. The molecule has 0 bridgehead atoms. The summed E-state index contributed by atoms with van der Waals surface area (Å²) >= 11 is 0. The Bertz CT molecular complexity index is 1780. The molecule has 2 atom stereocenters. The van der Waals surface area contributed by atoms with Crippen LogP contribution in [-0.4, -0.2) is 70.2 Å². The molecule has 1 saturated heterocycles.